The zero-order chi connectivity index (χ0) is 21.1. The Kier molecular flexibility index (Phi) is 5.79. The monoisotopic (exact) mass is 440 g/mol. The first kappa shape index (κ1) is 20.4. The number of hydrogen-bond acceptors (Lipinski definition) is 3. The second-order valence-corrected chi connectivity index (χ2v) is 9.38. The van der Waals surface area contributed by atoms with Gasteiger partial charge in [-0.2, -0.15) is 0 Å². The van der Waals surface area contributed by atoms with Gasteiger partial charge in [0.2, 0.25) is 0 Å². The topological polar surface area (TPSA) is 66.5 Å². The average molecular weight is 441 g/mol. The third kappa shape index (κ3) is 4.06. The van der Waals surface area contributed by atoms with Crippen LogP contribution in [0.3, 0.4) is 0 Å². The molecular formula is C23H21ClN2O3S. The Bertz CT molecular complexity index is 1180. The molecule has 4 rings (SSSR count). The summed E-state index contributed by atoms with van der Waals surface area (Å²) >= 11 is 6.11. The number of carbonyl (C=O) groups is 1. The van der Waals surface area contributed by atoms with Crippen LogP contribution in [-0.4, -0.2) is 20.9 Å². The molecule has 0 aromatic heterocycles. The van der Waals surface area contributed by atoms with E-state index in [1.54, 1.807) is 6.07 Å². The average Bonchev–Trinajstić information content (AvgIpc) is 2.78. The van der Waals surface area contributed by atoms with Gasteiger partial charge >= 0.3 is 0 Å². The molecule has 0 aliphatic carbocycles. The highest BCUT2D eigenvalue weighted by Crippen LogP contribution is 2.31. The van der Waals surface area contributed by atoms with Gasteiger partial charge in [-0.15, -0.1) is 0 Å². The van der Waals surface area contributed by atoms with Crippen molar-refractivity contribution in [1.82, 2.24) is 5.32 Å². The molecule has 1 heterocycles. The minimum atomic E-state index is -3.69. The second kappa shape index (κ2) is 8.50. The Balaban J connectivity index is 1.51. The van der Waals surface area contributed by atoms with Crippen molar-refractivity contribution in [3.63, 3.8) is 0 Å². The van der Waals surface area contributed by atoms with Gasteiger partial charge in [0.05, 0.1) is 10.6 Å². The fraction of sp³-hybridized carbons (Fsp3) is 0.174. The highest BCUT2D eigenvalue weighted by molar-refractivity contribution is 7.92. The number of nitrogens with zero attached hydrogens (tertiary/aromatic N) is 1. The number of nitrogens with one attached hydrogen (secondary N) is 1. The van der Waals surface area contributed by atoms with Crippen LogP contribution >= 0.6 is 11.6 Å². The molecule has 3 aromatic carbocycles. The molecule has 0 saturated carbocycles. The standard InChI is InChI=1S/C23H21ClN2O3S/c24-21-9-3-1-7-19(21)16-25-23(27)18-11-13-20(14-12-18)30(28,29)26-15-5-8-17-6-2-4-10-22(17)26/h1-4,6-7,9-14H,5,8,15-16H2,(H,25,27). The van der Waals surface area contributed by atoms with Crippen LogP contribution < -0.4 is 9.62 Å². The quantitative estimate of drug-likeness (QED) is 0.639. The second-order valence-electron chi connectivity index (χ2n) is 7.11. The molecule has 7 heteroatoms. The lowest BCUT2D eigenvalue weighted by Crippen LogP contribution is -2.35. The van der Waals surface area contributed by atoms with Crippen molar-refractivity contribution in [3.05, 3.63) is 94.5 Å². The molecule has 1 amide bonds. The summed E-state index contributed by atoms with van der Waals surface area (Å²) in [6, 6.07) is 20.9. The normalized spacial score (nSPS) is 13.6. The minimum Gasteiger partial charge on any atom is -0.348 e. The van der Waals surface area contributed by atoms with Crippen LogP contribution in [0, 0.1) is 0 Å². The van der Waals surface area contributed by atoms with Crippen LogP contribution in [0.4, 0.5) is 5.69 Å². The van der Waals surface area contributed by atoms with Crippen molar-refractivity contribution in [2.24, 2.45) is 0 Å². The van der Waals surface area contributed by atoms with Gasteiger partial charge in [-0.3, -0.25) is 9.10 Å². The van der Waals surface area contributed by atoms with Crippen LogP contribution in [0.5, 0.6) is 0 Å². The number of aryl methyl sites for hydroxylation is 1. The number of carbonyl (C=O) groups excluding carboxylic acids is 1. The molecule has 0 fully saturated rings. The van der Waals surface area contributed by atoms with Gasteiger partial charge in [-0.1, -0.05) is 48.0 Å². The molecule has 0 spiro atoms. The van der Waals surface area contributed by atoms with E-state index < -0.39 is 10.0 Å². The Hall–Kier alpha value is -2.83. The number of halogens is 1. The fourth-order valence-corrected chi connectivity index (χ4v) is 5.32. The number of rotatable bonds is 5. The van der Waals surface area contributed by atoms with Gasteiger partial charge in [0, 0.05) is 23.7 Å². The van der Waals surface area contributed by atoms with Crippen LogP contribution in [0.15, 0.2) is 77.7 Å². The fourth-order valence-electron chi connectivity index (χ4n) is 3.57. The van der Waals surface area contributed by atoms with Crippen molar-refractivity contribution < 1.29 is 13.2 Å². The summed E-state index contributed by atoms with van der Waals surface area (Å²) < 4.78 is 27.8. The van der Waals surface area contributed by atoms with E-state index in [4.69, 9.17) is 11.6 Å². The summed E-state index contributed by atoms with van der Waals surface area (Å²) in [5, 5.41) is 3.39. The Morgan fingerprint density at radius 1 is 0.967 bits per heavy atom. The number of fused-ring (bicyclic) bond motifs is 1. The van der Waals surface area contributed by atoms with Gasteiger partial charge in [0.25, 0.3) is 15.9 Å². The Morgan fingerprint density at radius 2 is 1.67 bits per heavy atom. The summed E-state index contributed by atoms with van der Waals surface area (Å²) in [6.45, 7) is 0.739. The van der Waals surface area contributed by atoms with Crippen LogP contribution in [0.2, 0.25) is 5.02 Å². The van der Waals surface area contributed by atoms with Crippen LogP contribution in [0.1, 0.15) is 27.9 Å². The van der Waals surface area contributed by atoms with E-state index in [9.17, 15) is 13.2 Å². The van der Waals surface area contributed by atoms with E-state index in [0.29, 0.717) is 23.7 Å². The van der Waals surface area contributed by atoms with Crippen molar-refractivity contribution in [2.45, 2.75) is 24.3 Å². The summed E-state index contributed by atoms with van der Waals surface area (Å²) in [5.74, 6) is -0.290. The van der Waals surface area contributed by atoms with Gasteiger partial charge in [0.15, 0.2) is 0 Å². The number of anilines is 1. The molecule has 5 nitrogen and oxygen atoms in total. The van der Waals surface area contributed by atoms with Crippen molar-refractivity contribution in [2.75, 3.05) is 10.8 Å². The predicted molar refractivity (Wildman–Crippen MR) is 118 cm³/mol. The first-order chi connectivity index (χ1) is 14.5. The van der Waals surface area contributed by atoms with Crippen molar-refractivity contribution in [1.29, 1.82) is 0 Å². The van der Waals surface area contributed by atoms with Crippen molar-refractivity contribution >= 4 is 33.2 Å². The summed E-state index contributed by atoms with van der Waals surface area (Å²) in [7, 11) is -3.69. The molecule has 0 atom stereocenters. The number of amides is 1. The van der Waals surface area contributed by atoms with E-state index in [1.807, 2.05) is 42.5 Å². The molecular weight excluding hydrogens is 420 g/mol. The third-order valence-electron chi connectivity index (χ3n) is 5.17. The molecule has 1 N–H and O–H groups in total. The van der Waals surface area contributed by atoms with Crippen LogP contribution in [-0.2, 0) is 23.0 Å². The molecule has 30 heavy (non-hydrogen) atoms. The lowest BCUT2D eigenvalue weighted by atomic mass is 10.0. The SMILES string of the molecule is O=C(NCc1ccccc1Cl)c1ccc(S(=O)(=O)N2CCCc3ccccc32)cc1. The molecule has 1 aliphatic rings. The maximum Gasteiger partial charge on any atom is 0.264 e. The number of benzene rings is 3. The smallest absolute Gasteiger partial charge is 0.264 e. The summed E-state index contributed by atoms with van der Waals surface area (Å²) in [5.41, 5.74) is 2.96. The van der Waals surface area contributed by atoms with Crippen LogP contribution in [0.25, 0.3) is 0 Å². The summed E-state index contributed by atoms with van der Waals surface area (Å²) in [6.07, 6.45) is 1.64. The van der Waals surface area contributed by atoms with Gasteiger partial charge in [-0.25, -0.2) is 8.42 Å². The molecule has 1 aliphatic heterocycles. The molecule has 0 bridgehead atoms. The number of hydrogen-bond donors (Lipinski definition) is 1. The maximum absolute atomic E-state index is 13.2. The Labute approximate surface area is 181 Å². The van der Waals surface area contributed by atoms with E-state index in [-0.39, 0.29) is 10.8 Å². The predicted octanol–water partition coefficient (Wildman–Crippen LogP) is 4.41. The first-order valence-corrected chi connectivity index (χ1v) is 11.5. The minimum absolute atomic E-state index is 0.168. The van der Waals surface area contributed by atoms with E-state index in [0.717, 1.165) is 29.7 Å². The highest BCUT2D eigenvalue weighted by atomic mass is 35.5. The zero-order valence-electron chi connectivity index (χ0n) is 16.2. The Morgan fingerprint density at radius 3 is 2.43 bits per heavy atom. The van der Waals surface area contributed by atoms with Crippen molar-refractivity contribution in [3.8, 4) is 0 Å². The van der Waals surface area contributed by atoms with E-state index >= 15 is 0 Å². The molecule has 3 aromatic rings. The summed E-state index contributed by atoms with van der Waals surface area (Å²) in [4.78, 5) is 12.6. The van der Waals surface area contributed by atoms with Gasteiger partial charge in [0.1, 0.15) is 0 Å². The highest BCUT2D eigenvalue weighted by Gasteiger charge is 2.28. The molecule has 0 radical (unpaired) electrons. The van der Waals surface area contributed by atoms with Gasteiger partial charge < -0.3 is 5.32 Å². The number of sulfonamides is 1. The largest absolute Gasteiger partial charge is 0.348 e. The molecule has 154 valence electrons. The number of para-hydroxylation sites is 1. The third-order valence-corrected chi connectivity index (χ3v) is 7.37. The first-order valence-electron chi connectivity index (χ1n) is 9.69. The van der Waals surface area contributed by atoms with Gasteiger partial charge in [-0.05, 0) is 60.4 Å². The van der Waals surface area contributed by atoms with E-state index in [1.165, 1.54) is 28.6 Å². The van der Waals surface area contributed by atoms with E-state index in [2.05, 4.69) is 5.32 Å². The maximum atomic E-state index is 13.2. The lowest BCUT2D eigenvalue weighted by Gasteiger charge is -2.30. The lowest BCUT2D eigenvalue weighted by molar-refractivity contribution is 0.0951. The molecule has 0 unspecified atom stereocenters. The molecule has 0 saturated heterocycles. The zero-order valence-corrected chi connectivity index (χ0v) is 17.8.